The number of thioether (sulfide) groups is 1. The van der Waals surface area contributed by atoms with Crippen molar-refractivity contribution in [3.63, 3.8) is 0 Å². The highest BCUT2D eigenvalue weighted by Gasteiger charge is 2.12. The number of hydrogen-bond donors (Lipinski definition) is 1. The van der Waals surface area contributed by atoms with Crippen LogP contribution in [0.4, 0.5) is 0 Å². The molecule has 0 saturated heterocycles. The zero-order chi connectivity index (χ0) is 17.4. The smallest absolute Gasteiger partial charge is 0.316 e. The third kappa shape index (κ3) is 6.55. The van der Waals surface area contributed by atoms with Gasteiger partial charge < -0.3 is 10.1 Å². The van der Waals surface area contributed by atoms with Gasteiger partial charge in [0.25, 0.3) is 5.91 Å². The second-order valence-electron chi connectivity index (χ2n) is 5.06. The van der Waals surface area contributed by atoms with Crippen LogP contribution in [0.1, 0.15) is 23.4 Å². The van der Waals surface area contributed by atoms with Crippen molar-refractivity contribution in [2.24, 2.45) is 0 Å². The van der Waals surface area contributed by atoms with E-state index in [4.69, 9.17) is 16.3 Å². The van der Waals surface area contributed by atoms with E-state index >= 15 is 0 Å². The van der Waals surface area contributed by atoms with Gasteiger partial charge in [0.05, 0.1) is 16.1 Å². The molecule has 2 rings (SSSR count). The number of thiophene rings is 1. The van der Waals surface area contributed by atoms with Crippen molar-refractivity contribution in [2.45, 2.75) is 18.7 Å². The summed E-state index contributed by atoms with van der Waals surface area (Å²) in [5.74, 6) is 0.195. The fourth-order valence-corrected chi connectivity index (χ4v) is 3.98. The Morgan fingerprint density at radius 3 is 2.67 bits per heavy atom. The molecule has 2 aromatic rings. The standard InChI is InChI=1S/C17H18ClNO3S2/c1-12(13-5-3-2-4-6-13)19-16(20)9-22-17(21)11-23-10-14-7-8-15(18)24-14/h2-8,12H,9-11H2,1H3,(H,19,20)/t12-/m1/s1. The molecule has 0 saturated carbocycles. The average molecular weight is 384 g/mol. The van der Waals surface area contributed by atoms with E-state index in [9.17, 15) is 9.59 Å². The van der Waals surface area contributed by atoms with Crippen molar-refractivity contribution in [3.8, 4) is 0 Å². The first-order chi connectivity index (χ1) is 11.5. The molecule has 0 fully saturated rings. The van der Waals surface area contributed by atoms with Crippen molar-refractivity contribution in [1.82, 2.24) is 5.32 Å². The van der Waals surface area contributed by atoms with Crippen LogP contribution < -0.4 is 5.32 Å². The Hall–Kier alpha value is -1.50. The number of ether oxygens (including phenoxy) is 1. The molecule has 0 spiro atoms. The van der Waals surface area contributed by atoms with Gasteiger partial charge in [0.15, 0.2) is 6.61 Å². The van der Waals surface area contributed by atoms with Gasteiger partial charge >= 0.3 is 5.97 Å². The van der Waals surface area contributed by atoms with E-state index in [0.717, 1.165) is 14.8 Å². The summed E-state index contributed by atoms with van der Waals surface area (Å²) in [7, 11) is 0. The number of halogens is 1. The minimum atomic E-state index is -0.398. The molecule has 128 valence electrons. The van der Waals surface area contributed by atoms with E-state index in [1.807, 2.05) is 49.4 Å². The van der Waals surface area contributed by atoms with Gasteiger partial charge in [0.2, 0.25) is 0 Å². The maximum atomic E-state index is 11.8. The summed E-state index contributed by atoms with van der Waals surface area (Å²) in [4.78, 5) is 24.6. The minimum absolute atomic E-state index is 0.129. The van der Waals surface area contributed by atoms with Crippen molar-refractivity contribution < 1.29 is 14.3 Å². The first kappa shape index (κ1) is 18.8. The molecule has 4 nitrogen and oxygen atoms in total. The number of amides is 1. The van der Waals surface area contributed by atoms with E-state index in [-0.39, 0.29) is 24.3 Å². The summed E-state index contributed by atoms with van der Waals surface area (Å²) in [5, 5.41) is 2.80. The zero-order valence-electron chi connectivity index (χ0n) is 13.2. The summed E-state index contributed by atoms with van der Waals surface area (Å²) < 4.78 is 5.72. The van der Waals surface area contributed by atoms with Crippen LogP contribution in [0.5, 0.6) is 0 Å². The molecule has 7 heteroatoms. The Labute approximate surface area is 154 Å². The number of rotatable bonds is 8. The van der Waals surface area contributed by atoms with Gasteiger partial charge in [-0.1, -0.05) is 41.9 Å². The second-order valence-corrected chi connectivity index (χ2v) is 7.84. The van der Waals surface area contributed by atoms with Gasteiger partial charge in [-0.2, -0.15) is 0 Å². The maximum Gasteiger partial charge on any atom is 0.316 e. The number of benzene rings is 1. The van der Waals surface area contributed by atoms with E-state index in [2.05, 4.69) is 5.32 Å². The highest BCUT2D eigenvalue weighted by Crippen LogP contribution is 2.25. The molecule has 0 aliphatic heterocycles. The van der Waals surface area contributed by atoms with Crippen LogP contribution in [0.25, 0.3) is 0 Å². The first-order valence-electron chi connectivity index (χ1n) is 7.36. The van der Waals surface area contributed by atoms with Gasteiger partial charge in [-0.25, -0.2) is 0 Å². The quantitative estimate of drug-likeness (QED) is 0.698. The van der Waals surface area contributed by atoms with Crippen LogP contribution in [0.2, 0.25) is 4.34 Å². The molecule has 1 aromatic carbocycles. The van der Waals surface area contributed by atoms with Crippen molar-refractivity contribution in [2.75, 3.05) is 12.4 Å². The first-order valence-corrected chi connectivity index (χ1v) is 9.71. The van der Waals surface area contributed by atoms with Gasteiger partial charge in [0, 0.05) is 10.6 Å². The second kappa shape index (κ2) is 9.71. The Kier molecular flexibility index (Phi) is 7.62. The van der Waals surface area contributed by atoms with Crippen LogP contribution in [0.3, 0.4) is 0 Å². The topological polar surface area (TPSA) is 55.4 Å². The molecule has 1 N–H and O–H groups in total. The molecule has 0 bridgehead atoms. The molecule has 0 aliphatic rings. The lowest BCUT2D eigenvalue weighted by atomic mass is 10.1. The lowest BCUT2D eigenvalue weighted by Gasteiger charge is -2.14. The SMILES string of the molecule is C[C@@H](NC(=O)COC(=O)CSCc1ccc(Cl)s1)c1ccccc1. The van der Waals surface area contributed by atoms with Crippen LogP contribution in [0.15, 0.2) is 42.5 Å². The van der Waals surface area contributed by atoms with E-state index < -0.39 is 5.97 Å². The number of esters is 1. The Bertz CT molecular complexity index is 675. The fraction of sp³-hybridized carbons (Fsp3) is 0.294. The highest BCUT2D eigenvalue weighted by molar-refractivity contribution is 7.99. The summed E-state index contributed by atoms with van der Waals surface area (Å²) >= 11 is 8.77. The zero-order valence-corrected chi connectivity index (χ0v) is 15.5. The predicted molar refractivity (Wildman–Crippen MR) is 99.4 cm³/mol. The fourth-order valence-electron chi connectivity index (χ4n) is 1.96. The summed E-state index contributed by atoms with van der Waals surface area (Å²) in [6.07, 6.45) is 0. The molecule has 0 unspecified atom stereocenters. The lowest BCUT2D eigenvalue weighted by Crippen LogP contribution is -2.31. The van der Waals surface area contributed by atoms with Crippen LogP contribution in [0, 0.1) is 0 Å². The molecule has 1 heterocycles. The van der Waals surface area contributed by atoms with Crippen molar-refractivity contribution in [3.05, 3.63) is 57.2 Å². The minimum Gasteiger partial charge on any atom is -0.455 e. The Balaban J connectivity index is 1.63. The summed E-state index contributed by atoms with van der Waals surface area (Å²) in [5.41, 5.74) is 1.00. The molecular weight excluding hydrogens is 366 g/mol. The summed E-state index contributed by atoms with van der Waals surface area (Å²) in [6.45, 7) is 1.62. The third-order valence-corrected chi connectivity index (χ3v) is 5.50. The maximum absolute atomic E-state index is 11.8. The van der Waals surface area contributed by atoms with Crippen molar-refractivity contribution >= 4 is 46.6 Å². The monoisotopic (exact) mass is 383 g/mol. The molecule has 1 aromatic heterocycles. The highest BCUT2D eigenvalue weighted by atomic mass is 35.5. The van der Waals surface area contributed by atoms with E-state index in [1.165, 1.54) is 23.1 Å². The molecule has 1 amide bonds. The number of carbonyl (C=O) groups is 2. The van der Waals surface area contributed by atoms with E-state index in [0.29, 0.717) is 5.75 Å². The molecule has 0 aliphatic carbocycles. The number of nitrogens with one attached hydrogen (secondary N) is 1. The Morgan fingerprint density at radius 2 is 2.00 bits per heavy atom. The molecule has 0 radical (unpaired) electrons. The van der Waals surface area contributed by atoms with Gasteiger partial charge in [-0.05, 0) is 24.6 Å². The van der Waals surface area contributed by atoms with Gasteiger partial charge in [-0.3, -0.25) is 9.59 Å². The van der Waals surface area contributed by atoms with Crippen LogP contribution in [-0.2, 0) is 20.1 Å². The third-order valence-electron chi connectivity index (χ3n) is 3.13. The molecule has 24 heavy (non-hydrogen) atoms. The lowest BCUT2D eigenvalue weighted by molar-refractivity contribution is -0.146. The summed E-state index contributed by atoms with van der Waals surface area (Å²) in [6, 6.07) is 13.3. The van der Waals surface area contributed by atoms with Gasteiger partial charge in [0.1, 0.15) is 0 Å². The van der Waals surface area contributed by atoms with Crippen LogP contribution >= 0.6 is 34.7 Å². The normalized spacial score (nSPS) is 11.8. The van der Waals surface area contributed by atoms with Crippen LogP contribution in [-0.4, -0.2) is 24.2 Å². The predicted octanol–water partition coefficient (Wildman–Crippen LogP) is 4.06. The largest absolute Gasteiger partial charge is 0.455 e. The number of hydrogen-bond acceptors (Lipinski definition) is 5. The molecular formula is C17H18ClNO3S2. The number of carbonyl (C=O) groups excluding carboxylic acids is 2. The average Bonchev–Trinajstić information content (AvgIpc) is 2.99. The Morgan fingerprint density at radius 1 is 1.25 bits per heavy atom. The molecule has 1 atom stereocenters. The van der Waals surface area contributed by atoms with E-state index in [1.54, 1.807) is 0 Å². The van der Waals surface area contributed by atoms with Crippen molar-refractivity contribution in [1.29, 1.82) is 0 Å². The van der Waals surface area contributed by atoms with Gasteiger partial charge in [-0.15, -0.1) is 23.1 Å².